The van der Waals surface area contributed by atoms with Crippen LogP contribution in [0.2, 0.25) is 5.02 Å². The second-order valence-electron chi connectivity index (χ2n) is 5.48. The van der Waals surface area contributed by atoms with Gasteiger partial charge in [0.25, 0.3) is 5.91 Å². The molecule has 136 valence electrons. The van der Waals surface area contributed by atoms with Crippen molar-refractivity contribution >= 4 is 28.8 Å². The summed E-state index contributed by atoms with van der Waals surface area (Å²) in [6.45, 7) is 1.76. The van der Waals surface area contributed by atoms with E-state index in [2.05, 4.69) is 10.3 Å². The topological polar surface area (TPSA) is 46.4 Å². The van der Waals surface area contributed by atoms with Crippen molar-refractivity contribution in [1.82, 2.24) is 9.38 Å². The Bertz CT molecular complexity index is 998. The number of carbonyl (C=O) groups excluding carboxylic acids is 1. The molecule has 2 heterocycles. The van der Waals surface area contributed by atoms with Crippen LogP contribution in [0, 0.1) is 5.82 Å². The van der Waals surface area contributed by atoms with Crippen LogP contribution >= 0.6 is 11.6 Å². The van der Waals surface area contributed by atoms with Gasteiger partial charge in [-0.15, -0.1) is 0 Å². The number of carbonyl (C=O) groups is 1. The Balaban J connectivity index is 2.01. The number of imidazole rings is 1. The Hall–Kier alpha value is -2.61. The minimum absolute atomic E-state index is 0.0607. The van der Waals surface area contributed by atoms with Crippen LogP contribution in [-0.2, 0) is 12.6 Å². The highest BCUT2D eigenvalue weighted by molar-refractivity contribution is 6.31. The Morgan fingerprint density at radius 2 is 2.00 bits per heavy atom. The fourth-order valence-corrected chi connectivity index (χ4v) is 2.79. The molecule has 1 amide bonds. The number of fused-ring (bicyclic) bond motifs is 1. The van der Waals surface area contributed by atoms with Crippen molar-refractivity contribution in [3.8, 4) is 0 Å². The number of hydrogen-bond acceptors (Lipinski definition) is 2. The summed E-state index contributed by atoms with van der Waals surface area (Å²) in [5, 5.41) is 1.92. The first-order valence-electron chi connectivity index (χ1n) is 7.55. The maximum Gasteiger partial charge on any atom is 0.417 e. The Morgan fingerprint density at radius 3 is 2.65 bits per heavy atom. The molecule has 0 bridgehead atoms. The zero-order valence-corrected chi connectivity index (χ0v) is 14.1. The number of halogens is 5. The molecule has 0 spiro atoms. The summed E-state index contributed by atoms with van der Waals surface area (Å²) in [7, 11) is 0. The molecule has 1 N–H and O–H groups in total. The predicted molar refractivity (Wildman–Crippen MR) is 88.9 cm³/mol. The number of nitrogens with one attached hydrogen (secondary N) is 1. The van der Waals surface area contributed by atoms with Crippen LogP contribution in [0.1, 0.15) is 28.7 Å². The molecule has 1 aromatic carbocycles. The zero-order chi connectivity index (χ0) is 19.1. The lowest BCUT2D eigenvalue weighted by Gasteiger charge is -2.12. The number of anilines is 1. The molecule has 0 fully saturated rings. The number of amides is 1. The van der Waals surface area contributed by atoms with Gasteiger partial charge in [-0.25, -0.2) is 9.37 Å². The van der Waals surface area contributed by atoms with Gasteiger partial charge < -0.3 is 5.32 Å². The van der Waals surface area contributed by atoms with E-state index in [0.717, 1.165) is 18.3 Å². The minimum Gasteiger partial charge on any atom is -0.321 e. The number of benzene rings is 1. The van der Waals surface area contributed by atoms with Gasteiger partial charge in [-0.2, -0.15) is 13.2 Å². The number of hydrogen-bond donors (Lipinski definition) is 1. The van der Waals surface area contributed by atoms with Crippen molar-refractivity contribution < 1.29 is 22.4 Å². The third kappa shape index (κ3) is 3.37. The number of alkyl halides is 3. The van der Waals surface area contributed by atoms with Crippen LogP contribution < -0.4 is 5.32 Å². The van der Waals surface area contributed by atoms with Crippen molar-refractivity contribution in [1.29, 1.82) is 0 Å². The zero-order valence-electron chi connectivity index (χ0n) is 13.4. The van der Waals surface area contributed by atoms with E-state index < -0.39 is 28.5 Å². The molecule has 2 aromatic heterocycles. The van der Waals surface area contributed by atoms with Crippen LogP contribution in [0.5, 0.6) is 0 Å². The minimum atomic E-state index is -4.65. The van der Waals surface area contributed by atoms with Crippen LogP contribution in [-0.4, -0.2) is 15.3 Å². The summed E-state index contributed by atoms with van der Waals surface area (Å²) in [5.74, 6) is -1.27. The van der Waals surface area contributed by atoms with Crippen molar-refractivity contribution in [2.24, 2.45) is 0 Å². The molecule has 0 saturated heterocycles. The molecular weight excluding hydrogens is 374 g/mol. The molecule has 0 aliphatic heterocycles. The normalized spacial score (nSPS) is 11.8. The molecule has 0 aliphatic carbocycles. The van der Waals surface area contributed by atoms with Crippen molar-refractivity contribution in [3.05, 3.63) is 64.3 Å². The molecule has 3 aromatic rings. The highest BCUT2D eigenvalue weighted by Gasteiger charge is 2.33. The average Bonchev–Trinajstić information content (AvgIpc) is 2.93. The van der Waals surface area contributed by atoms with Gasteiger partial charge in [-0.3, -0.25) is 9.20 Å². The Labute approximate surface area is 150 Å². The molecule has 0 aliphatic rings. The largest absolute Gasteiger partial charge is 0.417 e. The first-order chi connectivity index (χ1) is 12.2. The van der Waals surface area contributed by atoms with Crippen LogP contribution in [0.3, 0.4) is 0 Å². The third-order valence-corrected chi connectivity index (χ3v) is 4.06. The molecule has 26 heavy (non-hydrogen) atoms. The van der Waals surface area contributed by atoms with Gasteiger partial charge in [0.15, 0.2) is 0 Å². The van der Waals surface area contributed by atoms with Crippen LogP contribution in [0.15, 0.2) is 36.5 Å². The summed E-state index contributed by atoms with van der Waals surface area (Å²) in [5.41, 5.74) is -0.318. The molecule has 9 heteroatoms. The summed E-state index contributed by atoms with van der Waals surface area (Å²) in [4.78, 5) is 16.9. The number of nitrogens with zero attached hydrogens (tertiary/aromatic N) is 2. The van der Waals surface area contributed by atoms with Crippen molar-refractivity contribution in [2.45, 2.75) is 19.5 Å². The van der Waals surface area contributed by atoms with Gasteiger partial charge in [0.1, 0.15) is 17.2 Å². The van der Waals surface area contributed by atoms with Gasteiger partial charge in [0.2, 0.25) is 0 Å². The quantitative estimate of drug-likeness (QED) is 0.648. The van der Waals surface area contributed by atoms with Gasteiger partial charge in [0, 0.05) is 11.9 Å². The summed E-state index contributed by atoms with van der Waals surface area (Å²) in [6, 6.07) is 5.67. The second kappa shape index (κ2) is 6.60. The van der Waals surface area contributed by atoms with Crippen molar-refractivity contribution in [2.75, 3.05) is 5.32 Å². The maximum absolute atomic E-state index is 13.5. The molecular formula is C17H12ClF4N3O. The van der Waals surface area contributed by atoms with Gasteiger partial charge >= 0.3 is 6.18 Å². The lowest BCUT2D eigenvalue weighted by atomic mass is 10.2. The van der Waals surface area contributed by atoms with E-state index >= 15 is 0 Å². The molecule has 3 rings (SSSR count). The van der Waals surface area contributed by atoms with E-state index in [0.29, 0.717) is 17.8 Å². The lowest BCUT2D eigenvalue weighted by molar-refractivity contribution is -0.137. The van der Waals surface area contributed by atoms with Crippen LogP contribution in [0.25, 0.3) is 5.65 Å². The second-order valence-corrected chi connectivity index (χ2v) is 5.89. The number of rotatable bonds is 3. The predicted octanol–water partition coefficient (Wildman–Crippen LogP) is 4.96. The first kappa shape index (κ1) is 18.2. The average molecular weight is 386 g/mol. The Morgan fingerprint density at radius 1 is 1.27 bits per heavy atom. The number of aryl methyl sites for hydroxylation is 1. The fraction of sp³-hybridized carbons (Fsp3) is 0.176. The molecule has 0 unspecified atom stereocenters. The third-order valence-electron chi connectivity index (χ3n) is 3.73. The molecule has 4 nitrogen and oxygen atoms in total. The number of aromatic nitrogens is 2. The van der Waals surface area contributed by atoms with E-state index in [9.17, 15) is 22.4 Å². The lowest BCUT2D eigenvalue weighted by Crippen LogP contribution is -2.17. The molecule has 0 saturated carbocycles. The standard InChI is InChI=1S/C17H12ClF4N3O/c1-2-13-15(25-8-9(19)3-6-14(25)24-13)16(26)23-10-4-5-12(18)11(7-10)17(20,21)22/h3-8H,2H2,1H3,(H,23,26). The first-order valence-corrected chi connectivity index (χ1v) is 7.93. The summed E-state index contributed by atoms with van der Waals surface area (Å²) in [6.07, 6.45) is -3.17. The summed E-state index contributed by atoms with van der Waals surface area (Å²) >= 11 is 5.57. The molecule has 0 radical (unpaired) electrons. The fourth-order valence-electron chi connectivity index (χ4n) is 2.56. The highest BCUT2D eigenvalue weighted by atomic mass is 35.5. The Kier molecular flexibility index (Phi) is 4.62. The van der Waals surface area contributed by atoms with E-state index in [1.165, 1.54) is 22.6 Å². The van der Waals surface area contributed by atoms with E-state index in [1.807, 2.05) is 0 Å². The van der Waals surface area contributed by atoms with E-state index in [4.69, 9.17) is 11.6 Å². The van der Waals surface area contributed by atoms with Crippen LogP contribution in [0.4, 0.5) is 23.2 Å². The SMILES string of the molecule is CCc1nc2ccc(F)cn2c1C(=O)Nc1ccc(Cl)c(C(F)(F)F)c1. The smallest absolute Gasteiger partial charge is 0.321 e. The maximum atomic E-state index is 13.5. The molecule has 0 atom stereocenters. The highest BCUT2D eigenvalue weighted by Crippen LogP contribution is 2.36. The van der Waals surface area contributed by atoms with Gasteiger partial charge in [-0.05, 0) is 36.8 Å². The van der Waals surface area contributed by atoms with Gasteiger partial charge in [0.05, 0.1) is 16.3 Å². The number of pyridine rings is 1. The summed E-state index contributed by atoms with van der Waals surface area (Å²) < 4.78 is 53.7. The van der Waals surface area contributed by atoms with Gasteiger partial charge in [-0.1, -0.05) is 18.5 Å². The monoisotopic (exact) mass is 385 g/mol. The van der Waals surface area contributed by atoms with Crippen molar-refractivity contribution in [3.63, 3.8) is 0 Å². The van der Waals surface area contributed by atoms with E-state index in [-0.39, 0.29) is 11.4 Å². The van der Waals surface area contributed by atoms with E-state index in [1.54, 1.807) is 6.92 Å².